The Morgan fingerprint density at radius 1 is 1.14 bits per heavy atom. The summed E-state index contributed by atoms with van der Waals surface area (Å²) >= 11 is 0. The molecule has 0 atom stereocenters. The van der Waals surface area contributed by atoms with Crippen molar-refractivity contribution in [3.8, 4) is 5.75 Å². The molecule has 0 aliphatic heterocycles. The molecule has 0 spiro atoms. The summed E-state index contributed by atoms with van der Waals surface area (Å²) in [7, 11) is 1.68. The average Bonchev–Trinajstić information content (AvgIpc) is 2.42. The average molecular weight is 285 g/mol. The van der Waals surface area contributed by atoms with Crippen molar-refractivity contribution < 1.29 is 4.74 Å². The molecule has 0 aliphatic carbocycles. The maximum absolute atomic E-state index is 5.88. The number of aliphatic imine (C=N–C) groups is 1. The Labute approximate surface area is 126 Å². The normalized spacial score (nSPS) is 12.5. The zero-order valence-corrected chi connectivity index (χ0v) is 13.1. The fraction of sp³-hybridized carbons (Fsp3) is 0.353. The van der Waals surface area contributed by atoms with Gasteiger partial charge in [0.15, 0.2) is 5.96 Å². The molecule has 2 aromatic rings. The van der Waals surface area contributed by atoms with Crippen molar-refractivity contribution in [1.29, 1.82) is 0 Å². The van der Waals surface area contributed by atoms with E-state index in [4.69, 9.17) is 10.5 Å². The van der Waals surface area contributed by atoms with Crippen LogP contribution in [0.2, 0.25) is 0 Å². The quantitative estimate of drug-likeness (QED) is 0.673. The van der Waals surface area contributed by atoms with Crippen LogP contribution in [0.4, 0.5) is 0 Å². The van der Waals surface area contributed by atoms with Crippen molar-refractivity contribution in [2.45, 2.75) is 32.9 Å². The number of guanidine groups is 1. The third kappa shape index (κ3) is 4.38. The number of nitrogens with one attached hydrogen (secondary N) is 1. The van der Waals surface area contributed by atoms with Crippen molar-refractivity contribution in [2.75, 3.05) is 7.11 Å². The summed E-state index contributed by atoms with van der Waals surface area (Å²) < 4.78 is 5.23. The molecule has 21 heavy (non-hydrogen) atoms. The number of hydrogen-bond donors (Lipinski definition) is 2. The van der Waals surface area contributed by atoms with E-state index in [1.165, 1.54) is 5.39 Å². The Morgan fingerprint density at radius 2 is 1.81 bits per heavy atom. The van der Waals surface area contributed by atoms with Gasteiger partial charge in [0.05, 0.1) is 13.7 Å². The molecule has 0 aromatic heterocycles. The molecule has 0 amide bonds. The predicted octanol–water partition coefficient (Wildman–Crippen LogP) is 3.05. The van der Waals surface area contributed by atoms with E-state index in [2.05, 4.69) is 55.3 Å². The van der Waals surface area contributed by atoms with Gasteiger partial charge in [-0.1, -0.05) is 18.2 Å². The minimum absolute atomic E-state index is 0.0759. The van der Waals surface area contributed by atoms with E-state index in [-0.39, 0.29) is 5.54 Å². The first-order valence-electron chi connectivity index (χ1n) is 7.02. The van der Waals surface area contributed by atoms with Crippen LogP contribution in [0.1, 0.15) is 26.3 Å². The Hall–Kier alpha value is -2.23. The van der Waals surface area contributed by atoms with Crippen LogP contribution in [0.5, 0.6) is 5.75 Å². The number of fused-ring (bicyclic) bond motifs is 1. The third-order valence-electron chi connectivity index (χ3n) is 3.05. The lowest BCUT2D eigenvalue weighted by Gasteiger charge is -2.21. The summed E-state index contributed by atoms with van der Waals surface area (Å²) in [4.78, 5) is 4.38. The van der Waals surface area contributed by atoms with Gasteiger partial charge in [-0.2, -0.15) is 0 Å². The molecular weight excluding hydrogens is 262 g/mol. The van der Waals surface area contributed by atoms with E-state index >= 15 is 0 Å². The van der Waals surface area contributed by atoms with Gasteiger partial charge >= 0.3 is 0 Å². The second kappa shape index (κ2) is 6.04. The molecule has 3 N–H and O–H groups in total. The van der Waals surface area contributed by atoms with Gasteiger partial charge < -0.3 is 15.8 Å². The van der Waals surface area contributed by atoms with Gasteiger partial charge in [0.1, 0.15) is 5.75 Å². The largest absolute Gasteiger partial charge is 0.497 e. The van der Waals surface area contributed by atoms with Crippen LogP contribution in [-0.4, -0.2) is 18.6 Å². The van der Waals surface area contributed by atoms with Crippen LogP contribution >= 0.6 is 0 Å². The molecular formula is C17H23N3O. The third-order valence-corrected chi connectivity index (χ3v) is 3.05. The highest BCUT2D eigenvalue weighted by Crippen LogP contribution is 2.22. The smallest absolute Gasteiger partial charge is 0.189 e. The topological polar surface area (TPSA) is 59.6 Å². The number of nitrogens with two attached hydrogens (primary N) is 1. The van der Waals surface area contributed by atoms with E-state index in [1.54, 1.807) is 7.11 Å². The monoisotopic (exact) mass is 285 g/mol. The van der Waals surface area contributed by atoms with Gasteiger partial charge in [0.25, 0.3) is 0 Å². The van der Waals surface area contributed by atoms with Crippen molar-refractivity contribution >= 4 is 16.7 Å². The summed E-state index contributed by atoms with van der Waals surface area (Å²) in [6, 6.07) is 12.3. The number of hydrogen-bond acceptors (Lipinski definition) is 2. The molecule has 112 valence electrons. The van der Waals surface area contributed by atoms with Crippen LogP contribution < -0.4 is 15.8 Å². The molecule has 2 rings (SSSR count). The lowest BCUT2D eigenvalue weighted by molar-refractivity contribution is 0.415. The Morgan fingerprint density at radius 3 is 2.48 bits per heavy atom. The Kier molecular flexibility index (Phi) is 4.36. The van der Waals surface area contributed by atoms with Crippen LogP contribution in [0.3, 0.4) is 0 Å². The second-order valence-electron chi connectivity index (χ2n) is 6.12. The highest BCUT2D eigenvalue weighted by molar-refractivity contribution is 5.84. The summed E-state index contributed by atoms with van der Waals surface area (Å²) in [5.74, 6) is 1.34. The number of benzene rings is 2. The zero-order valence-electron chi connectivity index (χ0n) is 13.1. The maximum Gasteiger partial charge on any atom is 0.189 e. The van der Waals surface area contributed by atoms with Gasteiger partial charge in [-0.25, -0.2) is 4.99 Å². The van der Waals surface area contributed by atoms with Crippen LogP contribution in [0.25, 0.3) is 10.8 Å². The highest BCUT2D eigenvalue weighted by atomic mass is 16.5. The predicted molar refractivity (Wildman–Crippen MR) is 88.7 cm³/mol. The molecule has 0 saturated carbocycles. The van der Waals surface area contributed by atoms with Crippen LogP contribution in [-0.2, 0) is 6.54 Å². The lowest BCUT2D eigenvalue weighted by atomic mass is 10.1. The van der Waals surface area contributed by atoms with Gasteiger partial charge in [-0.15, -0.1) is 0 Å². The molecule has 0 bridgehead atoms. The van der Waals surface area contributed by atoms with Gasteiger partial charge in [-0.05, 0) is 55.3 Å². The number of methoxy groups -OCH3 is 1. The molecule has 0 heterocycles. The first-order chi connectivity index (χ1) is 9.87. The minimum atomic E-state index is -0.0759. The standard InChI is InChI=1S/C17H23N3O/c1-17(2,3)20-16(18)19-11-12-5-6-14-10-15(21-4)8-7-13(14)9-12/h5-10H,11H2,1-4H3,(H3,18,19,20). The first-order valence-corrected chi connectivity index (χ1v) is 7.02. The number of ether oxygens (including phenoxy) is 1. The van der Waals surface area contributed by atoms with E-state index < -0.39 is 0 Å². The highest BCUT2D eigenvalue weighted by Gasteiger charge is 2.09. The molecule has 2 aromatic carbocycles. The van der Waals surface area contributed by atoms with Crippen molar-refractivity contribution in [1.82, 2.24) is 5.32 Å². The molecule has 0 fully saturated rings. The van der Waals surface area contributed by atoms with Gasteiger partial charge in [-0.3, -0.25) is 0 Å². The van der Waals surface area contributed by atoms with Crippen molar-refractivity contribution in [3.63, 3.8) is 0 Å². The SMILES string of the molecule is COc1ccc2cc(CN=C(N)NC(C)(C)C)ccc2c1. The molecule has 0 radical (unpaired) electrons. The van der Waals surface area contributed by atoms with Crippen molar-refractivity contribution in [3.05, 3.63) is 42.0 Å². The van der Waals surface area contributed by atoms with E-state index in [9.17, 15) is 0 Å². The van der Waals surface area contributed by atoms with E-state index in [0.29, 0.717) is 12.5 Å². The summed E-state index contributed by atoms with van der Waals surface area (Å²) in [6.07, 6.45) is 0. The van der Waals surface area contributed by atoms with Gasteiger partial charge in [0.2, 0.25) is 0 Å². The fourth-order valence-corrected chi connectivity index (χ4v) is 2.10. The zero-order chi connectivity index (χ0) is 15.5. The van der Waals surface area contributed by atoms with Crippen LogP contribution in [0, 0.1) is 0 Å². The molecule has 4 nitrogen and oxygen atoms in total. The maximum atomic E-state index is 5.88. The van der Waals surface area contributed by atoms with Gasteiger partial charge in [0, 0.05) is 5.54 Å². The molecule has 0 saturated heterocycles. The molecule has 0 unspecified atom stereocenters. The van der Waals surface area contributed by atoms with E-state index in [0.717, 1.165) is 16.7 Å². The summed E-state index contributed by atoms with van der Waals surface area (Å²) in [6.45, 7) is 6.73. The summed E-state index contributed by atoms with van der Waals surface area (Å²) in [5, 5.41) is 5.48. The lowest BCUT2D eigenvalue weighted by Crippen LogP contribution is -2.44. The minimum Gasteiger partial charge on any atom is -0.497 e. The Balaban J connectivity index is 2.14. The molecule has 0 aliphatic rings. The number of nitrogens with zero attached hydrogens (tertiary/aromatic N) is 1. The first kappa shape index (κ1) is 15.2. The fourth-order valence-electron chi connectivity index (χ4n) is 2.10. The number of rotatable bonds is 3. The Bertz CT molecular complexity index is 657. The molecule has 4 heteroatoms. The second-order valence-corrected chi connectivity index (χ2v) is 6.12. The van der Waals surface area contributed by atoms with E-state index in [1.807, 2.05) is 12.1 Å². The van der Waals surface area contributed by atoms with Crippen molar-refractivity contribution in [2.24, 2.45) is 10.7 Å². The van der Waals surface area contributed by atoms with Crippen LogP contribution in [0.15, 0.2) is 41.4 Å². The summed E-state index contributed by atoms with van der Waals surface area (Å²) in [5.41, 5.74) is 6.94.